The van der Waals surface area contributed by atoms with Gasteiger partial charge in [-0.3, -0.25) is 10.7 Å². The lowest BCUT2D eigenvalue weighted by molar-refractivity contribution is -0.129. The van der Waals surface area contributed by atoms with Crippen molar-refractivity contribution in [2.24, 2.45) is 10.7 Å². The highest BCUT2D eigenvalue weighted by Crippen LogP contribution is 2.34. The number of hydrazine groups is 1. The molecule has 1 unspecified atom stereocenters. The number of aliphatic imine (C=N–C) groups is 1. The van der Waals surface area contributed by atoms with Crippen molar-refractivity contribution in [2.75, 3.05) is 0 Å². The number of hydrogen-bond donors (Lipinski definition) is 3. The van der Waals surface area contributed by atoms with Crippen molar-refractivity contribution in [3.05, 3.63) is 23.1 Å². The van der Waals surface area contributed by atoms with E-state index in [1.165, 1.54) is 17.3 Å². The number of alkyl halides is 1. The maximum atomic E-state index is 10.7. The van der Waals surface area contributed by atoms with Crippen LogP contribution < -0.4 is 11.2 Å². The number of nitrogens with zero attached hydrogens (tertiary/aromatic N) is 2. The first kappa shape index (κ1) is 10.4. The molecular formula is C7H6Cl2N4O2. The molecule has 15 heavy (non-hydrogen) atoms. The Morgan fingerprint density at radius 2 is 2.40 bits per heavy atom. The van der Waals surface area contributed by atoms with E-state index in [1.54, 1.807) is 0 Å². The molecule has 6 nitrogen and oxygen atoms in total. The van der Waals surface area contributed by atoms with E-state index in [2.05, 4.69) is 10.4 Å². The molecule has 1 atom stereocenters. The highest BCUT2D eigenvalue weighted by Gasteiger charge is 2.40. The lowest BCUT2D eigenvalue weighted by Gasteiger charge is -2.21. The third kappa shape index (κ3) is 1.61. The molecular weight excluding hydrogens is 243 g/mol. The van der Waals surface area contributed by atoms with Crippen molar-refractivity contribution < 1.29 is 9.90 Å². The second kappa shape index (κ2) is 3.21. The lowest BCUT2D eigenvalue weighted by Crippen LogP contribution is -2.49. The minimum Gasteiger partial charge on any atom is -0.477 e. The van der Waals surface area contributed by atoms with Crippen molar-refractivity contribution >= 4 is 34.9 Å². The summed E-state index contributed by atoms with van der Waals surface area (Å²) in [6.45, 7) is 0. The number of carboxylic acids is 1. The summed E-state index contributed by atoms with van der Waals surface area (Å²) in [6, 6.07) is 0. The first-order chi connectivity index (χ1) is 6.92. The standard InChI is InChI=1S/C7H6Cl2N4O2/c8-4-5-11-3(6(14)15)1-2-13(5)12-7(4,9)10/h1-2,12H,10H2,(H,14,15). The molecule has 0 saturated heterocycles. The number of carboxylic acid groups (broad SMARTS) is 1. The van der Waals surface area contributed by atoms with E-state index in [9.17, 15) is 4.79 Å². The van der Waals surface area contributed by atoms with Crippen LogP contribution >= 0.6 is 23.2 Å². The summed E-state index contributed by atoms with van der Waals surface area (Å²) >= 11 is 11.6. The molecule has 0 aromatic heterocycles. The zero-order valence-electron chi connectivity index (χ0n) is 7.24. The second-order valence-corrected chi connectivity index (χ2v) is 3.92. The van der Waals surface area contributed by atoms with Crippen LogP contribution in [0.5, 0.6) is 0 Å². The fraction of sp³-hybridized carbons (Fsp3) is 0.143. The third-order valence-electron chi connectivity index (χ3n) is 1.85. The van der Waals surface area contributed by atoms with E-state index in [0.717, 1.165) is 0 Å². The molecule has 0 aliphatic carbocycles. The third-order valence-corrected chi connectivity index (χ3v) is 2.69. The Balaban J connectivity index is 2.45. The molecule has 0 bridgehead atoms. The molecule has 0 aromatic carbocycles. The van der Waals surface area contributed by atoms with Crippen molar-refractivity contribution in [1.82, 2.24) is 10.4 Å². The maximum Gasteiger partial charge on any atom is 0.354 e. The van der Waals surface area contributed by atoms with Gasteiger partial charge in [0.1, 0.15) is 5.03 Å². The zero-order chi connectivity index (χ0) is 11.2. The molecule has 4 N–H and O–H groups in total. The highest BCUT2D eigenvalue weighted by atomic mass is 35.5. The summed E-state index contributed by atoms with van der Waals surface area (Å²) in [5.41, 5.74) is 8.07. The Kier molecular flexibility index (Phi) is 2.23. The van der Waals surface area contributed by atoms with Crippen molar-refractivity contribution in [2.45, 2.75) is 5.12 Å². The van der Waals surface area contributed by atoms with E-state index >= 15 is 0 Å². The Morgan fingerprint density at radius 1 is 1.73 bits per heavy atom. The summed E-state index contributed by atoms with van der Waals surface area (Å²) in [6.07, 6.45) is 2.74. The van der Waals surface area contributed by atoms with Crippen LogP contribution in [0.1, 0.15) is 0 Å². The van der Waals surface area contributed by atoms with Crippen LogP contribution in [-0.4, -0.2) is 26.9 Å². The molecule has 0 aromatic rings. The molecule has 2 aliphatic heterocycles. The molecule has 0 radical (unpaired) electrons. The molecule has 0 saturated carbocycles. The summed E-state index contributed by atoms with van der Waals surface area (Å²) in [4.78, 5) is 14.5. The normalized spacial score (nSPS) is 29.3. The van der Waals surface area contributed by atoms with E-state index in [4.69, 9.17) is 34.0 Å². The molecule has 0 fully saturated rings. The van der Waals surface area contributed by atoms with Gasteiger partial charge in [0.2, 0.25) is 5.12 Å². The van der Waals surface area contributed by atoms with Crippen LogP contribution in [0.3, 0.4) is 0 Å². The van der Waals surface area contributed by atoms with Gasteiger partial charge in [0.15, 0.2) is 11.5 Å². The monoisotopic (exact) mass is 248 g/mol. The van der Waals surface area contributed by atoms with Crippen molar-refractivity contribution in [3.63, 3.8) is 0 Å². The van der Waals surface area contributed by atoms with Crippen molar-refractivity contribution in [1.29, 1.82) is 0 Å². The van der Waals surface area contributed by atoms with Gasteiger partial charge >= 0.3 is 5.97 Å². The zero-order valence-corrected chi connectivity index (χ0v) is 8.75. The quantitative estimate of drug-likeness (QED) is 0.453. The van der Waals surface area contributed by atoms with Crippen LogP contribution in [0.4, 0.5) is 0 Å². The fourth-order valence-electron chi connectivity index (χ4n) is 1.17. The van der Waals surface area contributed by atoms with E-state index < -0.39 is 11.1 Å². The Hall–Kier alpha value is -1.08. The second-order valence-electron chi connectivity index (χ2n) is 2.95. The number of nitrogens with one attached hydrogen (secondary N) is 1. The predicted octanol–water partition coefficient (Wildman–Crippen LogP) is 0.119. The van der Waals surface area contributed by atoms with Gasteiger partial charge in [-0.05, 0) is 6.08 Å². The lowest BCUT2D eigenvalue weighted by atomic mass is 10.3. The van der Waals surface area contributed by atoms with Gasteiger partial charge in [-0.25, -0.2) is 9.79 Å². The minimum absolute atomic E-state index is 0.0484. The summed E-state index contributed by atoms with van der Waals surface area (Å²) < 4.78 is 0. The fourth-order valence-corrected chi connectivity index (χ4v) is 1.52. The molecule has 2 aliphatic rings. The topological polar surface area (TPSA) is 91.0 Å². The van der Waals surface area contributed by atoms with E-state index in [1.807, 2.05) is 0 Å². The van der Waals surface area contributed by atoms with Gasteiger partial charge in [0.25, 0.3) is 0 Å². The summed E-state index contributed by atoms with van der Waals surface area (Å²) in [5.74, 6) is -0.957. The number of carbonyl (C=O) groups is 1. The summed E-state index contributed by atoms with van der Waals surface area (Å²) in [5, 5.41) is 8.69. The van der Waals surface area contributed by atoms with Crippen LogP contribution in [0, 0.1) is 0 Å². The first-order valence-electron chi connectivity index (χ1n) is 3.87. The Bertz CT molecular complexity index is 427. The largest absolute Gasteiger partial charge is 0.477 e. The minimum atomic E-state index is -1.45. The number of nitrogens with two attached hydrogens (primary N) is 1. The van der Waals surface area contributed by atoms with Crippen LogP contribution in [0.2, 0.25) is 0 Å². The Morgan fingerprint density at radius 3 is 3.00 bits per heavy atom. The van der Waals surface area contributed by atoms with Crippen LogP contribution in [-0.2, 0) is 4.79 Å². The number of aliphatic carboxylic acids is 1. The molecule has 2 rings (SSSR count). The molecule has 0 spiro atoms. The van der Waals surface area contributed by atoms with E-state index in [-0.39, 0.29) is 16.6 Å². The van der Waals surface area contributed by atoms with Gasteiger partial charge in [-0.2, -0.15) is 5.43 Å². The predicted molar refractivity (Wildman–Crippen MR) is 54.8 cm³/mol. The first-order valence-corrected chi connectivity index (χ1v) is 4.62. The van der Waals surface area contributed by atoms with Gasteiger partial charge in [-0.1, -0.05) is 23.2 Å². The van der Waals surface area contributed by atoms with Gasteiger partial charge in [0.05, 0.1) is 0 Å². The molecule has 8 heteroatoms. The SMILES string of the molecule is NC1(Cl)NN2C=CC(C(=O)O)=NC2=C1Cl. The highest BCUT2D eigenvalue weighted by molar-refractivity contribution is 6.42. The molecule has 0 amide bonds. The smallest absolute Gasteiger partial charge is 0.354 e. The average Bonchev–Trinajstić information content (AvgIpc) is 2.37. The van der Waals surface area contributed by atoms with Gasteiger partial charge in [-0.15, -0.1) is 0 Å². The molecule has 2 heterocycles. The molecule has 80 valence electrons. The number of fused-ring (bicyclic) bond motifs is 1. The average molecular weight is 249 g/mol. The number of halogens is 2. The number of rotatable bonds is 1. The van der Waals surface area contributed by atoms with Crippen molar-refractivity contribution in [3.8, 4) is 0 Å². The van der Waals surface area contributed by atoms with Gasteiger partial charge < -0.3 is 5.11 Å². The summed E-state index contributed by atoms with van der Waals surface area (Å²) in [7, 11) is 0. The maximum absolute atomic E-state index is 10.7. The number of hydrogen-bond acceptors (Lipinski definition) is 5. The van der Waals surface area contributed by atoms with Crippen LogP contribution in [0.25, 0.3) is 0 Å². The van der Waals surface area contributed by atoms with Gasteiger partial charge in [0, 0.05) is 6.20 Å². The Labute approximate surface area is 94.6 Å². The van der Waals surface area contributed by atoms with E-state index in [0.29, 0.717) is 0 Å². The van der Waals surface area contributed by atoms with Crippen LogP contribution in [0.15, 0.2) is 28.1 Å².